The highest BCUT2D eigenvalue weighted by Crippen LogP contribution is 2.41. The molecular formula is C49H36N5+. The van der Waals surface area contributed by atoms with E-state index in [9.17, 15) is 0 Å². The van der Waals surface area contributed by atoms with Crippen LogP contribution in [0.5, 0.6) is 0 Å². The molecule has 5 nitrogen and oxygen atoms in total. The molecule has 0 unspecified atom stereocenters. The summed E-state index contributed by atoms with van der Waals surface area (Å²) in [6.45, 7) is -2.33. The number of fused-ring (bicyclic) bond motifs is 4. The normalized spacial score (nSPS) is 12.5. The largest absolute Gasteiger partial charge is 0.309 e. The van der Waals surface area contributed by atoms with E-state index in [1.54, 1.807) is 6.33 Å². The Balaban J connectivity index is 1.15. The first kappa shape index (κ1) is 28.4. The Morgan fingerprint density at radius 3 is 1.96 bits per heavy atom. The predicted octanol–water partition coefficient (Wildman–Crippen LogP) is 12.5. The van der Waals surface area contributed by atoms with Crippen LogP contribution in [0.3, 0.4) is 0 Å². The Hall–Kier alpha value is -7.24. The minimum Gasteiger partial charge on any atom is -0.309 e. The van der Waals surface area contributed by atoms with Crippen LogP contribution in [-0.2, 0) is 6.98 Å². The zero-order chi connectivity index (χ0) is 38.5. The number of aryl methyl sites for hydroxylation is 1. The summed E-state index contributed by atoms with van der Waals surface area (Å²) < 4.78 is 30.2. The fourth-order valence-electron chi connectivity index (χ4n) is 7.78. The van der Waals surface area contributed by atoms with Gasteiger partial charge in [0.25, 0.3) is 0 Å². The molecule has 0 radical (unpaired) electrons. The van der Waals surface area contributed by atoms with Crippen molar-refractivity contribution in [3.63, 3.8) is 0 Å². The summed E-state index contributed by atoms with van der Waals surface area (Å²) in [4.78, 5) is 7.24. The number of anilines is 3. The third kappa shape index (κ3) is 5.33. The highest BCUT2D eigenvalue weighted by Gasteiger charge is 2.21. The van der Waals surface area contributed by atoms with Gasteiger partial charge in [0.15, 0.2) is 17.4 Å². The average molecular weight is 698 g/mol. The first-order chi connectivity index (χ1) is 27.9. The molecule has 0 atom stereocenters. The number of para-hydroxylation sites is 4. The predicted molar refractivity (Wildman–Crippen MR) is 224 cm³/mol. The highest BCUT2D eigenvalue weighted by atomic mass is 15.2. The van der Waals surface area contributed by atoms with Crippen LogP contribution in [0.15, 0.2) is 201 Å². The van der Waals surface area contributed by atoms with Crippen molar-refractivity contribution in [1.29, 1.82) is 0 Å². The van der Waals surface area contributed by atoms with Gasteiger partial charge < -0.3 is 4.90 Å². The first-order valence-electron chi connectivity index (χ1n) is 19.5. The van der Waals surface area contributed by atoms with Crippen molar-refractivity contribution in [3.05, 3.63) is 201 Å². The van der Waals surface area contributed by atoms with Crippen LogP contribution in [0.2, 0.25) is 0 Å². The minimum atomic E-state index is -2.33. The lowest BCUT2D eigenvalue weighted by atomic mass is 9.95. The molecule has 0 saturated heterocycles. The van der Waals surface area contributed by atoms with Gasteiger partial charge >= 0.3 is 0 Å². The van der Waals surface area contributed by atoms with E-state index in [0.29, 0.717) is 5.52 Å². The van der Waals surface area contributed by atoms with Crippen molar-refractivity contribution in [2.24, 2.45) is 6.98 Å². The van der Waals surface area contributed by atoms with Crippen molar-refractivity contribution in [1.82, 2.24) is 18.7 Å². The molecule has 0 aliphatic carbocycles. The maximum atomic E-state index is 8.22. The van der Waals surface area contributed by atoms with Gasteiger partial charge in [-0.2, -0.15) is 4.57 Å². The molecule has 3 aromatic heterocycles. The molecule has 10 aromatic rings. The van der Waals surface area contributed by atoms with E-state index in [1.165, 1.54) is 15.7 Å². The van der Waals surface area contributed by atoms with Crippen molar-refractivity contribution >= 4 is 49.9 Å². The molecule has 256 valence electrons. The molecule has 0 spiro atoms. The third-order valence-electron chi connectivity index (χ3n) is 10.2. The lowest BCUT2D eigenvalue weighted by molar-refractivity contribution is 0.911. The Bertz CT molecular complexity index is 3080. The van der Waals surface area contributed by atoms with Crippen LogP contribution in [-0.4, -0.2) is 18.7 Å². The van der Waals surface area contributed by atoms with Gasteiger partial charge in [-0.3, -0.25) is 4.57 Å². The Morgan fingerprint density at radius 2 is 1.15 bits per heavy atom. The molecule has 0 aliphatic heterocycles. The quantitative estimate of drug-likeness (QED) is 0.155. The number of pyridine rings is 1. The summed E-state index contributed by atoms with van der Waals surface area (Å²) >= 11 is 0. The van der Waals surface area contributed by atoms with E-state index >= 15 is 0 Å². The van der Waals surface area contributed by atoms with E-state index in [4.69, 9.17) is 9.10 Å². The van der Waals surface area contributed by atoms with E-state index in [2.05, 4.69) is 137 Å². The van der Waals surface area contributed by atoms with Gasteiger partial charge in [0.05, 0.1) is 16.7 Å². The van der Waals surface area contributed by atoms with Gasteiger partial charge in [-0.15, -0.1) is 0 Å². The van der Waals surface area contributed by atoms with Gasteiger partial charge in [-0.1, -0.05) is 97.1 Å². The number of imidazole rings is 1. The fourth-order valence-corrected chi connectivity index (χ4v) is 7.78. The summed E-state index contributed by atoms with van der Waals surface area (Å²) in [5.74, 6) is 0.828. The molecular weight excluding hydrogens is 659 g/mol. The maximum Gasteiger partial charge on any atom is 0.191 e. The summed E-state index contributed by atoms with van der Waals surface area (Å²) in [5.41, 5.74) is 11.8. The SMILES string of the molecule is [2H]C([2H])([2H])n1[cH+]n(-c2cccc(N(c3ccccc3)c3ccc4c5ccccc5n(-c5cc(-c6ccccc6-c6ccccc6)ccn5)c4c3)c2)c2ccccc21. The summed E-state index contributed by atoms with van der Waals surface area (Å²) in [5, 5.41) is 2.27. The number of benzene rings is 7. The molecule has 54 heavy (non-hydrogen) atoms. The second-order valence-corrected chi connectivity index (χ2v) is 13.4. The van der Waals surface area contributed by atoms with Crippen LogP contribution < -0.4 is 4.90 Å². The van der Waals surface area contributed by atoms with Crippen LogP contribution in [0, 0.1) is 0 Å². The number of hydrogen-bond donors (Lipinski definition) is 0. The molecule has 0 bridgehead atoms. The standard InChI is InChI=1S/C49H36N5/c1-51-34-52(47-26-13-12-25-46(47)51)38-19-14-20-39(32-38)53(37-17-6-3-7-18-37)40-27-28-44-43-23-10-11-24-45(43)54(48(44)33-40)49-31-36(29-30-50-49)42-22-9-8-21-41(42)35-15-4-2-5-16-35/h2-34H,1H3/q+1/i1D3. The Labute approximate surface area is 318 Å². The average Bonchev–Trinajstić information content (AvgIpc) is 3.82. The zero-order valence-corrected chi connectivity index (χ0v) is 29.3. The number of aromatic nitrogens is 4. The van der Waals surface area contributed by atoms with E-state index in [0.717, 1.165) is 67.0 Å². The second kappa shape index (κ2) is 13.1. The van der Waals surface area contributed by atoms with Gasteiger partial charge in [0.1, 0.15) is 11.5 Å². The van der Waals surface area contributed by atoms with Crippen LogP contribution in [0.1, 0.15) is 4.11 Å². The van der Waals surface area contributed by atoms with Crippen molar-refractivity contribution in [2.75, 3.05) is 4.90 Å². The number of nitrogens with zero attached hydrogens (tertiary/aromatic N) is 5. The maximum absolute atomic E-state index is 8.22. The van der Waals surface area contributed by atoms with Crippen molar-refractivity contribution in [3.8, 4) is 33.8 Å². The molecule has 5 heteroatoms. The van der Waals surface area contributed by atoms with Crippen LogP contribution in [0.25, 0.3) is 66.6 Å². The second-order valence-electron chi connectivity index (χ2n) is 13.4. The smallest absolute Gasteiger partial charge is 0.191 e. The van der Waals surface area contributed by atoms with E-state index < -0.39 is 6.98 Å². The Morgan fingerprint density at radius 1 is 0.500 bits per heavy atom. The Kier molecular flexibility index (Phi) is 6.86. The topological polar surface area (TPSA) is 30.9 Å². The molecule has 0 N–H and O–H groups in total. The number of rotatable bonds is 7. The summed E-state index contributed by atoms with van der Waals surface area (Å²) in [6.07, 6.45) is 3.58. The summed E-state index contributed by atoms with van der Waals surface area (Å²) in [7, 11) is 0. The third-order valence-corrected chi connectivity index (χ3v) is 10.2. The lowest BCUT2D eigenvalue weighted by Gasteiger charge is -2.25. The first-order valence-corrected chi connectivity index (χ1v) is 18.0. The molecule has 10 rings (SSSR count). The highest BCUT2D eigenvalue weighted by molar-refractivity contribution is 6.10. The molecule has 0 fully saturated rings. The van der Waals surface area contributed by atoms with Crippen molar-refractivity contribution < 1.29 is 4.11 Å². The van der Waals surface area contributed by atoms with Gasteiger partial charge in [-0.25, -0.2) is 9.55 Å². The van der Waals surface area contributed by atoms with Gasteiger partial charge in [0, 0.05) is 63.7 Å². The molecule has 0 saturated carbocycles. The lowest BCUT2D eigenvalue weighted by Crippen LogP contribution is -2.10. The fraction of sp³-hybridized carbons (Fsp3) is 0.0204. The van der Waals surface area contributed by atoms with E-state index in [-0.39, 0.29) is 0 Å². The van der Waals surface area contributed by atoms with E-state index in [1.807, 2.05) is 71.4 Å². The minimum absolute atomic E-state index is 0.641. The van der Waals surface area contributed by atoms with Crippen LogP contribution in [0.4, 0.5) is 17.1 Å². The van der Waals surface area contributed by atoms with Gasteiger partial charge in [0.2, 0.25) is 0 Å². The molecule has 0 amide bonds. The van der Waals surface area contributed by atoms with Gasteiger partial charge in [-0.05, 0) is 89.0 Å². The molecule has 0 aliphatic rings. The van der Waals surface area contributed by atoms with Crippen LogP contribution >= 0.6 is 0 Å². The van der Waals surface area contributed by atoms with Crippen molar-refractivity contribution in [2.45, 2.75) is 0 Å². The monoisotopic (exact) mass is 697 g/mol. The zero-order valence-electron chi connectivity index (χ0n) is 32.3. The summed E-state index contributed by atoms with van der Waals surface area (Å²) in [6, 6.07) is 64.6. The number of hydrogen-bond acceptors (Lipinski definition) is 2. The molecule has 7 aromatic carbocycles. The molecule has 3 heterocycles.